The topological polar surface area (TPSA) is 78.9 Å². The van der Waals surface area contributed by atoms with Crippen LogP contribution in [0.5, 0.6) is 0 Å². The third-order valence-corrected chi connectivity index (χ3v) is 17.0. The standard InChI is InChI=1S/C75H142O6/c1-4-7-10-13-16-19-22-25-28-30-31-32-33-34-35-36-37-38-39-40-41-42-43-44-45-46-48-50-53-56-59-62-65-68-74(77)80-71-72(70-79-73(76)67-64-61-58-55-52-49-27-24-21-18-15-12-9-6-3)81-75(78)69-66-63-60-57-54-51-47-29-26-23-20-17-14-11-8-5-2/h20,23,29,47,72H,4-19,21-22,24-28,30-46,48-71H2,1-3H3/b23-20-,47-29-. The van der Waals surface area contributed by atoms with Gasteiger partial charge in [-0.25, -0.2) is 0 Å². The molecule has 0 rings (SSSR count). The van der Waals surface area contributed by atoms with Gasteiger partial charge in [-0.2, -0.15) is 0 Å². The molecule has 1 unspecified atom stereocenters. The normalized spacial score (nSPS) is 12.1. The van der Waals surface area contributed by atoms with Crippen LogP contribution in [0, 0.1) is 0 Å². The van der Waals surface area contributed by atoms with E-state index in [1.165, 1.54) is 302 Å². The average molecular weight is 1140 g/mol. The van der Waals surface area contributed by atoms with Gasteiger partial charge in [-0.3, -0.25) is 14.4 Å². The summed E-state index contributed by atoms with van der Waals surface area (Å²) < 4.78 is 17.0. The van der Waals surface area contributed by atoms with Crippen LogP contribution in [0.25, 0.3) is 0 Å². The summed E-state index contributed by atoms with van der Waals surface area (Å²) in [6.07, 6.45) is 86.6. The van der Waals surface area contributed by atoms with E-state index < -0.39 is 6.10 Å². The van der Waals surface area contributed by atoms with E-state index in [0.717, 1.165) is 77.0 Å². The molecule has 0 aromatic rings. The zero-order valence-electron chi connectivity index (χ0n) is 55.1. The maximum Gasteiger partial charge on any atom is 0.306 e. The molecule has 0 aromatic heterocycles. The van der Waals surface area contributed by atoms with Gasteiger partial charge in [-0.15, -0.1) is 0 Å². The van der Waals surface area contributed by atoms with E-state index in [1.54, 1.807) is 0 Å². The first-order chi connectivity index (χ1) is 40.0. The zero-order valence-corrected chi connectivity index (χ0v) is 55.1. The van der Waals surface area contributed by atoms with E-state index in [-0.39, 0.29) is 31.1 Å². The second kappa shape index (κ2) is 70.4. The van der Waals surface area contributed by atoms with Crippen molar-refractivity contribution in [2.75, 3.05) is 13.2 Å². The smallest absolute Gasteiger partial charge is 0.306 e. The van der Waals surface area contributed by atoms with Crippen LogP contribution in [0.15, 0.2) is 24.3 Å². The zero-order chi connectivity index (χ0) is 58.5. The van der Waals surface area contributed by atoms with Crippen molar-refractivity contribution in [1.29, 1.82) is 0 Å². The predicted molar refractivity (Wildman–Crippen MR) is 353 cm³/mol. The van der Waals surface area contributed by atoms with Crippen LogP contribution in [0.4, 0.5) is 0 Å². The molecule has 6 heteroatoms. The minimum Gasteiger partial charge on any atom is -0.462 e. The average Bonchev–Trinajstić information content (AvgIpc) is 3.47. The highest BCUT2D eigenvalue weighted by molar-refractivity contribution is 5.71. The van der Waals surface area contributed by atoms with Crippen LogP contribution in [-0.2, 0) is 28.6 Å². The lowest BCUT2D eigenvalue weighted by molar-refractivity contribution is -0.167. The Kier molecular flexibility index (Phi) is 68.5. The Hall–Kier alpha value is -2.11. The summed E-state index contributed by atoms with van der Waals surface area (Å²) in [5.41, 5.74) is 0. The van der Waals surface area contributed by atoms with Gasteiger partial charge in [-0.05, 0) is 51.4 Å². The Morgan fingerprint density at radius 3 is 0.691 bits per heavy atom. The molecule has 0 N–H and O–H groups in total. The van der Waals surface area contributed by atoms with E-state index >= 15 is 0 Å². The molecule has 0 bridgehead atoms. The Labute approximate surface area is 506 Å². The van der Waals surface area contributed by atoms with Gasteiger partial charge >= 0.3 is 17.9 Å². The third kappa shape index (κ3) is 68.6. The van der Waals surface area contributed by atoms with Gasteiger partial charge in [0.05, 0.1) is 0 Å². The van der Waals surface area contributed by atoms with Crippen molar-refractivity contribution in [1.82, 2.24) is 0 Å². The fourth-order valence-corrected chi connectivity index (χ4v) is 11.4. The van der Waals surface area contributed by atoms with Crippen molar-refractivity contribution in [3.05, 3.63) is 24.3 Å². The van der Waals surface area contributed by atoms with E-state index in [1.807, 2.05) is 0 Å². The van der Waals surface area contributed by atoms with E-state index in [9.17, 15) is 14.4 Å². The Morgan fingerprint density at radius 1 is 0.247 bits per heavy atom. The van der Waals surface area contributed by atoms with Crippen molar-refractivity contribution < 1.29 is 28.6 Å². The molecule has 0 aromatic carbocycles. The molecule has 1 atom stereocenters. The molecule has 0 heterocycles. The molecule has 0 aliphatic rings. The Balaban J connectivity index is 4.09. The number of allylic oxidation sites excluding steroid dienone is 4. The lowest BCUT2D eigenvalue weighted by Crippen LogP contribution is -2.30. The van der Waals surface area contributed by atoms with Crippen LogP contribution in [-0.4, -0.2) is 37.2 Å². The highest BCUT2D eigenvalue weighted by Gasteiger charge is 2.19. The van der Waals surface area contributed by atoms with Crippen molar-refractivity contribution >= 4 is 17.9 Å². The van der Waals surface area contributed by atoms with Crippen molar-refractivity contribution in [3.8, 4) is 0 Å². The van der Waals surface area contributed by atoms with Crippen LogP contribution < -0.4 is 0 Å². The second-order valence-corrected chi connectivity index (χ2v) is 25.2. The first-order valence-electron chi connectivity index (χ1n) is 36.8. The van der Waals surface area contributed by atoms with Crippen molar-refractivity contribution in [3.63, 3.8) is 0 Å². The molecular formula is C75H142O6. The van der Waals surface area contributed by atoms with E-state index in [0.29, 0.717) is 19.3 Å². The van der Waals surface area contributed by atoms with Crippen LogP contribution >= 0.6 is 0 Å². The largest absolute Gasteiger partial charge is 0.462 e. The number of hydrogen-bond donors (Lipinski definition) is 0. The summed E-state index contributed by atoms with van der Waals surface area (Å²) in [5.74, 6) is -0.853. The van der Waals surface area contributed by atoms with Gasteiger partial charge < -0.3 is 14.2 Å². The molecule has 0 radical (unpaired) electrons. The van der Waals surface area contributed by atoms with Gasteiger partial charge in [0.2, 0.25) is 0 Å². The van der Waals surface area contributed by atoms with E-state index in [2.05, 4.69) is 45.1 Å². The van der Waals surface area contributed by atoms with Crippen LogP contribution in [0.3, 0.4) is 0 Å². The predicted octanol–water partition coefficient (Wildman–Crippen LogP) is 25.3. The number of rotatable bonds is 69. The van der Waals surface area contributed by atoms with Gasteiger partial charge in [0.15, 0.2) is 6.10 Å². The maximum atomic E-state index is 12.9. The number of carbonyl (C=O) groups is 3. The number of carbonyl (C=O) groups excluding carboxylic acids is 3. The molecule has 0 spiro atoms. The first-order valence-corrected chi connectivity index (χ1v) is 36.8. The maximum absolute atomic E-state index is 12.9. The van der Waals surface area contributed by atoms with Gasteiger partial charge in [-0.1, -0.05) is 373 Å². The Bertz CT molecular complexity index is 1310. The highest BCUT2D eigenvalue weighted by Crippen LogP contribution is 2.19. The van der Waals surface area contributed by atoms with Crippen molar-refractivity contribution in [2.24, 2.45) is 0 Å². The molecule has 0 amide bonds. The fraction of sp³-hybridized carbons (Fsp3) is 0.907. The highest BCUT2D eigenvalue weighted by atomic mass is 16.6. The SMILES string of the molecule is CCCCCC/C=C\C/C=C\CCCCCCCC(=O)OC(COC(=O)CCCCCCCCCCCCCCCC)COC(=O)CCCCCCCCCCCCCCCCCCCCCCCCCCCCCCCCCCC. The lowest BCUT2D eigenvalue weighted by Gasteiger charge is -2.18. The minimum atomic E-state index is -0.775. The summed E-state index contributed by atoms with van der Waals surface area (Å²) in [6.45, 7) is 6.69. The summed E-state index contributed by atoms with van der Waals surface area (Å²) >= 11 is 0. The molecule has 81 heavy (non-hydrogen) atoms. The molecule has 0 saturated carbocycles. The van der Waals surface area contributed by atoms with Crippen molar-refractivity contribution in [2.45, 2.75) is 425 Å². The molecular weight excluding hydrogens is 997 g/mol. The molecule has 478 valence electrons. The minimum absolute atomic E-state index is 0.0708. The summed E-state index contributed by atoms with van der Waals surface area (Å²) in [7, 11) is 0. The number of esters is 3. The molecule has 6 nitrogen and oxygen atoms in total. The van der Waals surface area contributed by atoms with Gasteiger partial charge in [0.1, 0.15) is 13.2 Å². The quantitative estimate of drug-likeness (QED) is 0.0261. The molecule has 0 aliphatic heterocycles. The molecule has 0 saturated heterocycles. The summed E-state index contributed by atoms with van der Waals surface area (Å²) in [4.78, 5) is 38.4. The van der Waals surface area contributed by atoms with E-state index in [4.69, 9.17) is 14.2 Å². The monoisotopic (exact) mass is 1140 g/mol. The van der Waals surface area contributed by atoms with Crippen LogP contribution in [0.1, 0.15) is 419 Å². The molecule has 0 fully saturated rings. The number of hydrogen-bond acceptors (Lipinski definition) is 6. The first kappa shape index (κ1) is 78.9. The second-order valence-electron chi connectivity index (χ2n) is 25.2. The lowest BCUT2D eigenvalue weighted by atomic mass is 10.0. The number of ether oxygens (including phenoxy) is 3. The fourth-order valence-electron chi connectivity index (χ4n) is 11.4. The summed E-state index contributed by atoms with van der Waals surface area (Å²) in [6, 6.07) is 0. The van der Waals surface area contributed by atoms with Gasteiger partial charge in [0.25, 0.3) is 0 Å². The third-order valence-electron chi connectivity index (χ3n) is 17.0. The molecule has 0 aliphatic carbocycles. The number of unbranched alkanes of at least 4 members (excludes halogenated alkanes) is 54. The summed E-state index contributed by atoms with van der Waals surface area (Å²) in [5, 5.41) is 0. The Morgan fingerprint density at radius 2 is 0.444 bits per heavy atom. The van der Waals surface area contributed by atoms with Crippen LogP contribution in [0.2, 0.25) is 0 Å². The van der Waals surface area contributed by atoms with Gasteiger partial charge in [0, 0.05) is 19.3 Å².